The van der Waals surface area contributed by atoms with E-state index in [9.17, 15) is 4.79 Å². The van der Waals surface area contributed by atoms with E-state index in [0.717, 1.165) is 16.6 Å². The lowest BCUT2D eigenvalue weighted by atomic mass is 10.1. The molecule has 0 saturated carbocycles. The summed E-state index contributed by atoms with van der Waals surface area (Å²) in [6.07, 6.45) is 0.801. The van der Waals surface area contributed by atoms with Crippen LogP contribution in [0, 0.1) is 6.92 Å². The standard InChI is InChI=1S/C15H18BrN3O/c1-10(8-12-4-6-13(16)7-5-12)17-15(20)14-9-11(2)18-19(14)3/h4-7,9-10H,8H2,1-3H3,(H,17,20)/t10-/m1/s1. The number of amides is 1. The predicted molar refractivity (Wildman–Crippen MR) is 82.7 cm³/mol. The first-order valence-electron chi connectivity index (χ1n) is 6.51. The molecule has 1 amide bonds. The molecule has 1 aromatic carbocycles. The molecule has 1 aromatic heterocycles. The van der Waals surface area contributed by atoms with Crippen LogP contribution < -0.4 is 5.32 Å². The first kappa shape index (κ1) is 14.8. The number of benzene rings is 1. The molecule has 0 bridgehead atoms. The summed E-state index contributed by atoms with van der Waals surface area (Å²) in [7, 11) is 1.78. The van der Waals surface area contributed by atoms with E-state index in [4.69, 9.17) is 0 Å². The van der Waals surface area contributed by atoms with E-state index >= 15 is 0 Å². The molecule has 1 N–H and O–H groups in total. The van der Waals surface area contributed by atoms with Crippen molar-refractivity contribution in [2.45, 2.75) is 26.3 Å². The van der Waals surface area contributed by atoms with Crippen molar-refractivity contribution in [3.05, 3.63) is 51.8 Å². The molecular formula is C15H18BrN3O. The highest BCUT2D eigenvalue weighted by atomic mass is 79.9. The summed E-state index contributed by atoms with van der Waals surface area (Å²) in [6, 6.07) is 9.99. The van der Waals surface area contributed by atoms with Crippen LogP contribution in [0.5, 0.6) is 0 Å². The summed E-state index contributed by atoms with van der Waals surface area (Å²) < 4.78 is 2.67. The minimum Gasteiger partial charge on any atom is -0.348 e. The van der Waals surface area contributed by atoms with E-state index < -0.39 is 0 Å². The van der Waals surface area contributed by atoms with Crippen LogP contribution in [0.2, 0.25) is 0 Å². The maximum Gasteiger partial charge on any atom is 0.269 e. The number of carbonyl (C=O) groups is 1. The van der Waals surface area contributed by atoms with Crippen LogP contribution in [-0.2, 0) is 13.5 Å². The Hall–Kier alpha value is -1.62. The Labute approximate surface area is 127 Å². The van der Waals surface area contributed by atoms with Crippen molar-refractivity contribution in [1.29, 1.82) is 0 Å². The number of halogens is 1. The Morgan fingerprint density at radius 1 is 1.40 bits per heavy atom. The van der Waals surface area contributed by atoms with Crippen molar-refractivity contribution in [2.75, 3.05) is 0 Å². The molecule has 2 rings (SSSR count). The van der Waals surface area contributed by atoms with Crippen molar-refractivity contribution < 1.29 is 4.79 Å². The predicted octanol–water partition coefficient (Wildman–Crippen LogP) is 2.85. The highest BCUT2D eigenvalue weighted by molar-refractivity contribution is 9.10. The number of carbonyl (C=O) groups excluding carboxylic acids is 1. The third-order valence-corrected chi connectivity index (χ3v) is 3.60. The van der Waals surface area contributed by atoms with E-state index in [1.165, 1.54) is 5.56 Å². The summed E-state index contributed by atoms with van der Waals surface area (Å²) in [5.74, 6) is -0.0855. The SMILES string of the molecule is Cc1cc(C(=O)N[C@H](C)Cc2ccc(Br)cc2)n(C)n1. The molecule has 0 radical (unpaired) electrons. The summed E-state index contributed by atoms with van der Waals surface area (Å²) in [6.45, 7) is 3.88. The lowest BCUT2D eigenvalue weighted by Crippen LogP contribution is -2.35. The number of nitrogens with zero attached hydrogens (tertiary/aromatic N) is 2. The fraction of sp³-hybridized carbons (Fsp3) is 0.333. The Morgan fingerprint density at radius 3 is 2.60 bits per heavy atom. The van der Waals surface area contributed by atoms with Crippen LogP contribution in [0.25, 0.3) is 0 Å². The number of rotatable bonds is 4. The molecule has 20 heavy (non-hydrogen) atoms. The number of aryl methyl sites for hydroxylation is 2. The molecule has 0 unspecified atom stereocenters. The second-order valence-corrected chi connectivity index (χ2v) is 5.92. The van der Waals surface area contributed by atoms with Crippen LogP contribution in [0.4, 0.5) is 0 Å². The molecule has 1 atom stereocenters. The van der Waals surface area contributed by atoms with Crippen LogP contribution in [0.15, 0.2) is 34.8 Å². The van der Waals surface area contributed by atoms with Gasteiger partial charge >= 0.3 is 0 Å². The van der Waals surface area contributed by atoms with Gasteiger partial charge in [0, 0.05) is 17.6 Å². The van der Waals surface area contributed by atoms with Crippen molar-refractivity contribution >= 4 is 21.8 Å². The normalized spacial score (nSPS) is 12.2. The third kappa shape index (κ3) is 3.70. The molecule has 0 aliphatic carbocycles. The number of aromatic nitrogens is 2. The van der Waals surface area contributed by atoms with Crippen molar-refractivity contribution in [2.24, 2.45) is 7.05 Å². The summed E-state index contributed by atoms with van der Waals surface area (Å²) >= 11 is 3.41. The minimum atomic E-state index is -0.0855. The molecule has 5 heteroatoms. The van der Waals surface area contributed by atoms with Gasteiger partial charge in [-0.05, 0) is 44.0 Å². The van der Waals surface area contributed by atoms with E-state index in [1.54, 1.807) is 17.8 Å². The van der Waals surface area contributed by atoms with E-state index in [2.05, 4.69) is 38.5 Å². The topological polar surface area (TPSA) is 46.9 Å². The first-order valence-corrected chi connectivity index (χ1v) is 7.31. The fourth-order valence-electron chi connectivity index (χ4n) is 2.15. The van der Waals surface area contributed by atoms with E-state index in [0.29, 0.717) is 5.69 Å². The van der Waals surface area contributed by atoms with Gasteiger partial charge in [0.15, 0.2) is 0 Å². The molecule has 1 heterocycles. The van der Waals surface area contributed by atoms with E-state index in [-0.39, 0.29) is 11.9 Å². The highest BCUT2D eigenvalue weighted by Gasteiger charge is 2.14. The quantitative estimate of drug-likeness (QED) is 0.933. The average Bonchev–Trinajstić information content (AvgIpc) is 2.71. The largest absolute Gasteiger partial charge is 0.348 e. The zero-order valence-corrected chi connectivity index (χ0v) is 13.4. The van der Waals surface area contributed by atoms with Gasteiger partial charge in [-0.25, -0.2) is 0 Å². The van der Waals surface area contributed by atoms with Gasteiger partial charge in [-0.1, -0.05) is 28.1 Å². The minimum absolute atomic E-state index is 0.0684. The van der Waals surface area contributed by atoms with Crippen LogP contribution in [0.3, 0.4) is 0 Å². The van der Waals surface area contributed by atoms with Crippen molar-refractivity contribution in [3.63, 3.8) is 0 Å². The van der Waals surface area contributed by atoms with Gasteiger partial charge in [0.25, 0.3) is 5.91 Å². The Bertz CT molecular complexity index is 604. The van der Waals surface area contributed by atoms with Gasteiger partial charge in [-0.3, -0.25) is 9.48 Å². The number of hydrogen-bond donors (Lipinski definition) is 1. The summed E-state index contributed by atoms with van der Waals surface area (Å²) in [5, 5.41) is 7.19. The molecule has 2 aromatic rings. The summed E-state index contributed by atoms with van der Waals surface area (Å²) in [5.41, 5.74) is 2.63. The lowest BCUT2D eigenvalue weighted by molar-refractivity contribution is 0.0930. The van der Waals surface area contributed by atoms with Gasteiger partial charge in [-0.15, -0.1) is 0 Å². The van der Waals surface area contributed by atoms with Gasteiger partial charge in [0.2, 0.25) is 0 Å². The smallest absolute Gasteiger partial charge is 0.269 e. The van der Waals surface area contributed by atoms with Gasteiger partial charge in [0.1, 0.15) is 5.69 Å². The second kappa shape index (κ2) is 6.22. The molecule has 0 aliphatic heterocycles. The van der Waals surface area contributed by atoms with Crippen LogP contribution in [-0.4, -0.2) is 21.7 Å². The zero-order valence-electron chi connectivity index (χ0n) is 11.9. The molecule has 106 valence electrons. The maximum absolute atomic E-state index is 12.2. The summed E-state index contributed by atoms with van der Waals surface area (Å²) in [4.78, 5) is 12.2. The highest BCUT2D eigenvalue weighted by Crippen LogP contribution is 2.12. The third-order valence-electron chi connectivity index (χ3n) is 3.07. The molecule has 0 saturated heterocycles. The van der Waals surface area contributed by atoms with Crippen molar-refractivity contribution in [3.8, 4) is 0 Å². The fourth-order valence-corrected chi connectivity index (χ4v) is 2.41. The number of nitrogens with one attached hydrogen (secondary N) is 1. The van der Waals surface area contributed by atoms with Crippen molar-refractivity contribution in [1.82, 2.24) is 15.1 Å². The van der Waals surface area contributed by atoms with E-state index in [1.807, 2.05) is 26.0 Å². The Morgan fingerprint density at radius 2 is 2.05 bits per heavy atom. The molecule has 0 spiro atoms. The monoisotopic (exact) mass is 335 g/mol. The first-order chi connectivity index (χ1) is 9.45. The molecule has 0 fully saturated rings. The Balaban J connectivity index is 1.97. The number of hydrogen-bond acceptors (Lipinski definition) is 2. The molecular weight excluding hydrogens is 318 g/mol. The van der Waals surface area contributed by atoms with Gasteiger partial charge in [0.05, 0.1) is 5.69 Å². The second-order valence-electron chi connectivity index (χ2n) is 5.00. The lowest BCUT2D eigenvalue weighted by Gasteiger charge is -2.14. The molecule has 0 aliphatic rings. The van der Waals surface area contributed by atoms with Crippen LogP contribution >= 0.6 is 15.9 Å². The Kier molecular flexibility index (Phi) is 4.60. The van der Waals surface area contributed by atoms with Gasteiger partial charge < -0.3 is 5.32 Å². The van der Waals surface area contributed by atoms with Gasteiger partial charge in [-0.2, -0.15) is 5.10 Å². The van der Waals surface area contributed by atoms with Crippen LogP contribution in [0.1, 0.15) is 28.7 Å². The zero-order chi connectivity index (χ0) is 14.7. The maximum atomic E-state index is 12.2. The average molecular weight is 336 g/mol. The molecule has 4 nitrogen and oxygen atoms in total.